The monoisotopic (exact) mass is 265 g/mol. The van der Waals surface area contributed by atoms with Crippen molar-refractivity contribution in [3.05, 3.63) is 29.6 Å². The Morgan fingerprint density at radius 2 is 2.37 bits per heavy atom. The molecule has 0 amide bonds. The predicted octanol–water partition coefficient (Wildman–Crippen LogP) is 0.726. The molecule has 6 heteroatoms. The quantitative estimate of drug-likeness (QED) is 0.222. The SMILES string of the molecule is CCOCCCNC(=NCc1ccncc1C)NN. The molecule has 0 aliphatic heterocycles. The van der Waals surface area contributed by atoms with Gasteiger partial charge in [0, 0.05) is 32.2 Å². The average molecular weight is 265 g/mol. The molecule has 1 rings (SSSR count). The summed E-state index contributed by atoms with van der Waals surface area (Å²) >= 11 is 0. The van der Waals surface area contributed by atoms with Gasteiger partial charge in [-0.25, -0.2) is 10.8 Å². The Morgan fingerprint density at radius 3 is 3.05 bits per heavy atom. The van der Waals surface area contributed by atoms with E-state index in [4.69, 9.17) is 10.6 Å². The van der Waals surface area contributed by atoms with Gasteiger partial charge in [0.05, 0.1) is 6.54 Å². The molecule has 0 unspecified atom stereocenters. The summed E-state index contributed by atoms with van der Waals surface area (Å²) in [6.45, 7) is 6.84. The highest BCUT2D eigenvalue weighted by atomic mass is 16.5. The van der Waals surface area contributed by atoms with Crippen molar-refractivity contribution in [3.8, 4) is 0 Å². The number of aryl methyl sites for hydroxylation is 1. The second kappa shape index (κ2) is 9.29. The van der Waals surface area contributed by atoms with Gasteiger partial charge in [0.2, 0.25) is 5.96 Å². The van der Waals surface area contributed by atoms with Crippen molar-refractivity contribution < 1.29 is 4.74 Å². The summed E-state index contributed by atoms with van der Waals surface area (Å²) in [7, 11) is 0. The largest absolute Gasteiger partial charge is 0.382 e. The van der Waals surface area contributed by atoms with Crippen molar-refractivity contribution in [3.63, 3.8) is 0 Å². The smallest absolute Gasteiger partial charge is 0.206 e. The summed E-state index contributed by atoms with van der Waals surface area (Å²) in [6.07, 6.45) is 4.52. The summed E-state index contributed by atoms with van der Waals surface area (Å²) in [5.74, 6) is 6.02. The number of guanidine groups is 1. The van der Waals surface area contributed by atoms with Gasteiger partial charge in [-0.2, -0.15) is 0 Å². The van der Waals surface area contributed by atoms with Crippen LogP contribution in [-0.2, 0) is 11.3 Å². The molecule has 1 aromatic rings. The van der Waals surface area contributed by atoms with E-state index < -0.39 is 0 Å². The third-order valence-electron chi connectivity index (χ3n) is 2.64. The van der Waals surface area contributed by atoms with E-state index in [1.165, 1.54) is 0 Å². The molecular weight excluding hydrogens is 242 g/mol. The number of nitrogens with two attached hydrogens (primary N) is 1. The van der Waals surface area contributed by atoms with E-state index in [1.54, 1.807) is 6.20 Å². The van der Waals surface area contributed by atoms with Gasteiger partial charge in [-0.1, -0.05) is 0 Å². The number of nitrogens with zero attached hydrogens (tertiary/aromatic N) is 2. The van der Waals surface area contributed by atoms with Gasteiger partial charge in [-0.3, -0.25) is 10.4 Å². The van der Waals surface area contributed by atoms with Crippen LogP contribution in [0, 0.1) is 6.92 Å². The number of aromatic nitrogens is 1. The van der Waals surface area contributed by atoms with Gasteiger partial charge in [0.25, 0.3) is 0 Å². The Kier molecular flexibility index (Phi) is 7.53. The Morgan fingerprint density at radius 1 is 1.53 bits per heavy atom. The molecule has 0 bridgehead atoms. The number of pyridine rings is 1. The summed E-state index contributed by atoms with van der Waals surface area (Å²) in [4.78, 5) is 8.44. The van der Waals surface area contributed by atoms with Crippen molar-refractivity contribution in [1.29, 1.82) is 0 Å². The molecule has 0 spiro atoms. The van der Waals surface area contributed by atoms with Gasteiger partial charge < -0.3 is 10.1 Å². The van der Waals surface area contributed by atoms with Gasteiger partial charge >= 0.3 is 0 Å². The standard InChI is InChI=1S/C13H23N5O/c1-3-19-8-4-6-16-13(18-14)17-10-12-5-7-15-9-11(12)2/h5,7,9H,3-4,6,8,10,14H2,1-2H3,(H2,16,17,18). The first-order valence-corrected chi connectivity index (χ1v) is 6.50. The van der Waals surface area contributed by atoms with Crippen LogP contribution in [0.4, 0.5) is 0 Å². The van der Waals surface area contributed by atoms with E-state index in [0.29, 0.717) is 12.5 Å². The Labute approximate surface area is 114 Å². The molecule has 0 aliphatic carbocycles. The molecule has 1 aromatic heterocycles. The first-order valence-electron chi connectivity index (χ1n) is 6.50. The number of ether oxygens (including phenoxy) is 1. The lowest BCUT2D eigenvalue weighted by Crippen LogP contribution is -2.42. The van der Waals surface area contributed by atoms with Crippen LogP contribution in [0.15, 0.2) is 23.5 Å². The minimum Gasteiger partial charge on any atom is -0.382 e. The fourth-order valence-corrected chi connectivity index (χ4v) is 1.52. The molecule has 0 aromatic carbocycles. The molecule has 106 valence electrons. The zero-order chi connectivity index (χ0) is 13.9. The zero-order valence-corrected chi connectivity index (χ0v) is 11.6. The molecule has 0 saturated carbocycles. The molecule has 1 heterocycles. The summed E-state index contributed by atoms with van der Waals surface area (Å²) in [6, 6.07) is 1.96. The molecule has 0 aliphatic rings. The maximum absolute atomic E-state index is 5.43. The molecule has 4 N–H and O–H groups in total. The van der Waals surface area contributed by atoms with Gasteiger partial charge in [0.1, 0.15) is 0 Å². The Bertz CT molecular complexity index is 394. The minimum absolute atomic E-state index is 0.576. The van der Waals surface area contributed by atoms with Crippen molar-refractivity contribution in [2.45, 2.75) is 26.8 Å². The Hall–Kier alpha value is -1.66. The fraction of sp³-hybridized carbons (Fsp3) is 0.538. The highest BCUT2D eigenvalue weighted by molar-refractivity contribution is 5.79. The lowest BCUT2D eigenvalue weighted by Gasteiger charge is -2.09. The summed E-state index contributed by atoms with van der Waals surface area (Å²) in [5, 5.41) is 3.14. The van der Waals surface area contributed by atoms with Crippen LogP contribution < -0.4 is 16.6 Å². The van der Waals surface area contributed by atoms with Crippen LogP contribution in [-0.4, -0.2) is 30.7 Å². The number of nitrogens with one attached hydrogen (secondary N) is 2. The Balaban J connectivity index is 2.37. The molecular formula is C13H23N5O. The first kappa shape index (κ1) is 15.4. The molecule has 0 saturated heterocycles. The molecule has 0 radical (unpaired) electrons. The highest BCUT2D eigenvalue weighted by Crippen LogP contribution is 2.05. The maximum Gasteiger partial charge on any atom is 0.206 e. The van der Waals surface area contributed by atoms with Crippen LogP contribution in [0.2, 0.25) is 0 Å². The maximum atomic E-state index is 5.43. The van der Waals surface area contributed by atoms with Crippen LogP contribution >= 0.6 is 0 Å². The van der Waals surface area contributed by atoms with E-state index in [-0.39, 0.29) is 0 Å². The second-order valence-corrected chi connectivity index (χ2v) is 4.09. The minimum atomic E-state index is 0.576. The van der Waals surface area contributed by atoms with Crippen LogP contribution in [0.5, 0.6) is 0 Å². The van der Waals surface area contributed by atoms with Gasteiger partial charge in [-0.15, -0.1) is 0 Å². The third-order valence-corrected chi connectivity index (χ3v) is 2.64. The van der Waals surface area contributed by atoms with Crippen molar-refractivity contribution in [2.24, 2.45) is 10.8 Å². The first-order chi connectivity index (χ1) is 9.27. The lowest BCUT2D eigenvalue weighted by atomic mass is 10.2. The van der Waals surface area contributed by atoms with Crippen molar-refractivity contribution >= 4 is 5.96 Å². The average Bonchev–Trinajstić information content (AvgIpc) is 2.43. The predicted molar refractivity (Wildman–Crippen MR) is 76.5 cm³/mol. The summed E-state index contributed by atoms with van der Waals surface area (Å²) in [5.41, 5.74) is 4.83. The number of hydrogen-bond acceptors (Lipinski definition) is 4. The second-order valence-electron chi connectivity index (χ2n) is 4.09. The van der Waals surface area contributed by atoms with E-state index >= 15 is 0 Å². The van der Waals surface area contributed by atoms with Crippen LogP contribution in [0.3, 0.4) is 0 Å². The van der Waals surface area contributed by atoms with Gasteiger partial charge in [-0.05, 0) is 37.5 Å². The number of hydrazine groups is 1. The zero-order valence-electron chi connectivity index (χ0n) is 11.6. The van der Waals surface area contributed by atoms with Crippen molar-refractivity contribution in [2.75, 3.05) is 19.8 Å². The topological polar surface area (TPSA) is 84.6 Å². The normalized spacial score (nSPS) is 11.4. The lowest BCUT2D eigenvalue weighted by molar-refractivity contribution is 0.145. The number of rotatable bonds is 7. The van der Waals surface area contributed by atoms with E-state index in [0.717, 1.165) is 37.3 Å². The van der Waals surface area contributed by atoms with E-state index in [1.807, 2.05) is 26.1 Å². The van der Waals surface area contributed by atoms with E-state index in [2.05, 4.69) is 20.7 Å². The molecule has 19 heavy (non-hydrogen) atoms. The highest BCUT2D eigenvalue weighted by Gasteiger charge is 1.98. The summed E-state index contributed by atoms with van der Waals surface area (Å²) < 4.78 is 5.26. The van der Waals surface area contributed by atoms with Crippen LogP contribution in [0.25, 0.3) is 0 Å². The van der Waals surface area contributed by atoms with Crippen molar-refractivity contribution in [1.82, 2.24) is 15.7 Å². The number of hydrogen-bond donors (Lipinski definition) is 3. The van der Waals surface area contributed by atoms with E-state index in [9.17, 15) is 0 Å². The molecule has 6 nitrogen and oxygen atoms in total. The number of aliphatic imine (C=N–C) groups is 1. The fourth-order valence-electron chi connectivity index (χ4n) is 1.52. The van der Waals surface area contributed by atoms with Gasteiger partial charge in [0.15, 0.2) is 0 Å². The van der Waals surface area contributed by atoms with Crippen LogP contribution in [0.1, 0.15) is 24.5 Å². The third kappa shape index (κ3) is 6.17. The molecule has 0 fully saturated rings. The molecule has 0 atom stereocenters.